The Morgan fingerprint density at radius 2 is 1.42 bits per heavy atom. The SMILES string of the molecule is COCN(COC)c1nc(N)nc(N(CO)CO)n1. The van der Waals surface area contributed by atoms with E-state index in [1.54, 1.807) is 4.90 Å². The molecule has 0 amide bonds. The molecule has 0 radical (unpaired) electrons. The van der Waals surface area contributed by atoms with Crippen molar-refractivity contribution in [3.8, 4) is 0 Å². The third kappa shape index (κ3) is 4.13. The van der Waals surface area contributed by atoms with Crippen molar-refractivity contribution in [1.82, 2.24) is 15.0 Å². The van der Waals surface area contributed by atoms with E-state index in [1.165, 1.54) is 14.2 Å². The molecule has 0 aliphatic carbocycles. The number of nitrogens with two attached hydrogens (primary N) is 1. The number of anilines is 3. The highest BCUT2D eigenvalue weighted by molar-refractivity contribution is 5.42. The molecule has 10 nitrogen and oxygen atoms in total. The summed E-state index contributed by atoms with van der Waals surface area (Å²) in [7, 11) is 3.03. The van der Waals surface area contributed by atoms with Gasteiger partial charge in [-0.15, -0.1) is 0 Å². The zero-order chi connectivity index (χ0) is 14.3. The van der Waals surface area contributed by atoms with Gasteiger partial charge in [0.25, 0.3) is 0 Å². The molecule has 1 aromatic rings. The summed E-state index contributed by atoms with van der Waals surface area (Å²) >= 11 is 0. The van der Waals surface area contributed by atoms with Crippen LogP contribution in [-0.4, -0.2) is 66.3 Å². The van der Waals surface area contributed by atoms with Crippen LogP contribution in [0.2, 0.25) is 0 Å². The number of aliphatic hydroxyl groups is 2. The van der Waals surface area contributed by atoms with Crippen LogP contribution in [0, 0.1) is 0 Å². The summed E-state index contributed by atoms with van der Waals surface area (Å²) < 4.78 is 9.99. The fraction of sp³-hybridized carbons (Fsp3) is 0.667. The summed E-state index contributed by atoms with van der Waals surface area (Å²) in [4.78, 5) is 14.5. The van der Waals surface area contributed by atoms with Crippen LogP contribution in [0.15, 0.2) is 0 Å². The standard InChI is InChI=1S/C9H18N6O4/c1-18-5-15(6-19-2)9-12-7(10)11-8(13-9)14(3-16)4-17/h16-17H,3-6H2,1-2H3,(H2,10,11,12,13). The molecule has 1 aromatic heterocycles. The first-order valence-electron chi connectivity index (χ1n) is 5.37. The summed E-state index contributed by atoms with van der Waals surface area (Å²) in [6, 6.07) is 0. The zero-order valence-corrected chi connectivity index (χ0v) is 10.9. The van der Waals surface area contributed by atoms with Crippen molar-refractivity contribution >= 4 is 17.8 Å². The van der Waals surface area contributed by atoms with E-state index in [0.717, 1.165) is 4.90 Å². The summed E-state index contributed by atoms with van der Waals surface area (Å²) in [5, 5.41) is 18.1. The number of nitrogens with zero attached hydrogens (tertiary/aromatic N) is 5. The molecule has 0 spiro atoms. The molecule has 0 atom stereocenters. The van der Waals surface area contributed by atoms with E-state index in [-0.39, 0.29) is 31.3 Å². The van der Waals surface area contributed by atoms with Crippen LogP contribution >= 0.6 is 0 Å². The average Bonchev–Trinajstić information content (AvgIpc) is 2.39. The molecule has 1 rings (SSSR count). The predicted molar refractivity (Wildman–Crippen MR) is 67.1 cm³/mol. The lowest BCUT2D eigenvalue weighted by Gasteiger charge is -2.22. The molecule has 1 heterocycles. The molecule has 0 aliphatic heterocycles. The first kappa shape index (κ1) is 15.3. The van der Waals surface area contributed by atoms with E-state index in [4.69, 9.17) is 25.4 Å². The molecular formula is C9H18N6O4. The summed E-state index contributed by atoms with van der Waals surface area (Å²) in [5.74, 6) is 0.243. The van der Waals surface area contributed by atoms with Gasteiger partial charge in [-0.05, 0) is 0 Å². The van der Waals surface area contributed by atoms with E-state index in [1.807, 2.05) is 0 Å². The molecule has 0 bridgehead atoms. The van der Waals surface area contributed by atoms with Crippen molar-refractivity contribution in [2.24, 2.45) is 0 Å². The Hall–Kier alpha value is -1.75. The lowest BCUT2D eigenvalue weighted by Crippen LogP contribution is -2.32. The van der Waals surface area contributed by atoms with E-state index in [2.05, 4.69) is 15.0 Å². The van der Waals surface area contributed by atoms with Gasteiger partial charge >= 0.3 is 0 Å². The fourth-order valence-electron chi connectivity index (χ4n) is 1.29. The van der Waals surface area contributed by atoms with Crippen LogP contribution in [0.1, 0.15) is 0 Å². The minimum absolute atomic E-state index is 0.0379. The van der Waals surface area contributed by atoms with Crippen molar-refractivity contribution in [2.75, 3.05) is 56.7 Å². The van der Waals surface area contributed by atoms with E-state index in [9.17, 15) is 0 Å². The number of hydrogen-bond acceptors (Lipinski definition) is 10. The number of methoxy groups -OCH3 is 2. The molecule has 4 N–H and O–H groups in total. The second kappa shape index (κ2) is 7.63. The van der Waals surface area contributed by atoms with Crippen molar-refractivity contribution in [3.63, 3.8) is 0 Å². The Bertz CT molecular complexity index is 383. The Morgan fingerprint density at radius 1 is 0.947 bits per heavy atom. The van der Waals surface area contributed by atoms with Gasteiger partial charge in [0, 0.05) is 14.2 Å². The summed E-state index contributed by atoms with van der Waals surface area (Å²) in [6.45, 7) is -0.522. The van der Waals surface area contributed by atoms with Gasteiger partial charge in [0.1, 0.15) is 26.9 Å². The van der Waals surface area contributed by atoms with Gasteiger partial charge in [0.05, 0.1) is 0 Å². The smallest absolute Gasteiger partial charge is 0.235 e. The Kier molecular flexibility index (Phi) is 6.15. The van der Waals surface area contributed by atoms with Crippen LogP contribution in [0.4, 0.5) is 17.8 Å². The zero-order valence-electron chi connectivity index (χ0n) is 10.9. The van der Waals surface area contributed by atoms with E-state index >= 15 is 0 Å². The highest BCUT2D eigenvalue weighted by Gasteiger charge is 2.15. The number of hydrogen-bond donors (Lipinski definition) is 3. The maximum atomic E-state index is 9.07. The summed E-state index contributed by atoms with van der Waals surface area (Å²) in [6.07, 6.45) is 0. The Balaban J connectivity index is 3.05. The van der Waals surface area contributed by atoms with Gasteiger partial charge in [-0.1, -0.05) is 0 Å². The highest BCUT2D eigenvalue weighted by atomic mass is 16.5. The predicted octanol–water partition coefficient (Wildman–Crippen LogP) is -1.83. The van der Waals surface area contributed by atoms with Gasteiger partial charge < -0.3 is 25.4 Å². The van der Waals surface area contributed by atoms with Crippen LogP contribution < -0.4 is 15.5 Å². The van der Waals surface area contributed by atoms with Crippen molar-refractivity contribution < 1.29 is 19.7 Å². The fourth-order valence-corrected chi connectivity index (χ4v) is 1.29. The van der Waals surface area contributed by atoms with Gasteiger partial charge in [-0.25, -0.2) is 0 Å². The lowest BCUT2D eigenvalue weighted by atomic mass is 10.7. The van der Waals surface area contributed by atoms with Crippen LogP contribution in [0.25, 0.3) is 0 Å². The molecule has 0 unspecified atom stereocenters. The minimum atomic E-state index is -0.450. The first-order valence-corrected chi connectivity index (χ1v) is 5.37. The second-order valence-corrected chi connectivity index (χ2v) is 3.49. The minimum Gasteiger partial charge on any atom is -0.376 e. The van der Waals surface area contributed by atoms with Gasteiger partial charge in [-0.3, -0.25) is 9.80 Å². The number of aromatic nitrogens is 3. The highest BCUT2D eigenvalue weighted by Crippen LogP contribution is 2.14. The van der Waals surface area contributed by atoms with Gasteiger partial charge in [0.15, 0.2) is 0 Å². The topological polar surface area (TPSA) is 130 Å². The van der Waals surface area contributed by atoms with Gasteiger partial charge in [-0.2, -0.15) is 15.0 Å². The quantitative estimate of drug-likeness (QED) is 0.465. The molecular weight excluding hydrogens is 256 g/mol. The Morgan fingerprint density at radius 3 is 1.84 bits per heavy atom. The number of rotatable bonds is 8. The Labute approximate surface area is 110 Å². The number of aliphatic hydroxyl groups excluding tert-OH is 2. The summed E-state index contributed by atoms with van der Waals surface area (Å²) in [5.41, 5.74) is 5.58. The maximum Gasteiger partial charge on any atom is 0.235 e. The largest absolute Gasteiger partial charge is 0.376 e. The van der Waals surface area contributed by atoms with Crippen LogP contribution in [-0.2, 0) is 9.47 Å². The second-order valence-electron chi connectivity index (χ2n) is 3.49. The maximum absolute atomic E-state index is 9.07. The molecule has 10 heteroatoms. The molecule has 0 aliphatic rings. The van der Waals surface area contributed by atoms with Crippen molar-refractivity contribution in [3.05, 3.63) is 0 Å². The number of nitrogen functional groups attached to an aromatic ring is 1. The van der Waals surface area contributed by atoms with Gasteiger partial charge in [0.2, 0.25) is 17.8 Å². The molecule has 0 saturated heterocycles. The normalized spacial score (nSPS) is 10.5. The van der Waals surface area contributed by atoms with Crippen LogP contribution in [0.3, 0.4) is 0 Å². The third-order valence-corrected chi connectivity index (χ3v) is 2.11. The van der Waals surface area contributed by atoms with Crippen LogP contribution in [0.5, 0.6) is 0 Å². The van der Waals surface area contributed by atoms with E-state index < -0.39 is 13.5 Å². The van der Waals surface area contributed by atoms with Crippen molar-refractivity contribution in [2.45, 2.75) is 0 Å². The molecule has 19 heavy (non-hydrogen) atoms. The third-order valence-electron chi connectivity index (χ3n) is 2.11. The van der Waals surface area contributed by atoms with Crippen molar-refractivity contribution in [1.29, 1.82) is 0 Å². The number of ether oxygens (including phenoxy) is 2. The monoisotopic (exact) mass is 274 g/mol. The molecule has 0 saturated carbocycles. The van der Waals surface area contributed by atoms with E-state index in [0.29, 0.717) is 0 Å². The first-order chi connectivity index (χ1) is 9.15. The lowest BCUT2D eigenvalue weighted by molar-refractivity contribution is 0.138. The average molecular weight is 274 g/mol. The molecule has 0 fully saturated rings. The molecule has 108 valence electrons. The molecule has 0 aromatic carbocycles.